The summed E-state index contributed by atoms with van der Waals surface area (Å²) in [6, 6.07) is 9.26. The highest BCUT2D eigenvalue weighted by atomic mass is 32.1. The van der Waals surface area contributed by atoms with Gasteiger partial charge in [-0.1, -0.05) is 24.3 Å². The Hall–Kier alpha value is -2.18. The maximum Gasteiger partial charge on any atom is 0.261 e. The van der Waals surface area contributed by atoms with E-state index in [1.165, 1.54) is 6.07 Å². The molecule has 1 heterocycles. The topological polar surface area (TPSA) is 92.4 Å². The predicted octanol–water partition coefficient (Wildman–Crippen LogP) is 1.80. The predicted molar refractivity (Wildman–Crippen MR) is 88.4 cm³/mol. The van der Waals surface area contributed by atoms with E-state index in [1.807, 2.05) is 24.3 Å². The van der Waals surface area contributed by atoms with Crippen molar-refractivity contribution >= 4 is 23.2 Å². The monoisotopic (exact) mass is 330 g/mol. The lowest BCUT2D eigenvalue weighted by atomic mass is 9.79. The van der Waals surface area contributed by atoms with Crippen LogP contribution in [0.15, 0.2) is 35.7 Å². The SMILES string of the molecule is NC(=O)c1csc(C(=O)NCC2(O)CCCc3ccccc32)c1. The van der Waals surface area contributed by atoms with Gasteiger partial charge in [0.15, 0.2) is 0 Å². The van der Waals surface area contributed by atoms with Gasteiger partial charge in [-0.05, 0) is 36.5 Å². The second kappa shape index (κ2) is 6.14. The van der Waals surface area contributed by atoms with Gasteiger partial charge in [-0.2, -0.15) is 0 Å². The van der Waals surface area contributed by atoms with Crippen LogP contribution in [0.4, 0.5) is 0 Å². The molecule has 1 atom stereocenters. The van der Waals surface area contributed by atoms with Gasteiger partial charge in [-0.3, -0.25) is 9.59 Å². The molecule has 5 nitrogen and oxygen atoms in total. The summed E-state index contributed by atoms with van der Waals surface area (Å²) in [5.41, 5.74) is 6.47. The lowest BCUT2D eigenvalue weighted by molar-refractivity contribution is 0.0190. The molecule has 1 unspecified atom stereocenters. The minimum atomic E-state index is -1.05. The Labute approximate surface area is 138 Å². The fourth-order valence-corrected chi connectivity index (χ4v) is 3.79. The van der Waals surface area contributed by atoms with Gasteiger partial charge in [0, 0.05) is 5.38 Å². The Morgan fingerprint density at radius 2 is 2.13 bits per heavy atom. The number of amides is 2. The number of fused-ring (bicyclic) bond motifs is 1. The van der Waals surface area contributed by atoms with Crippen molar-refractivity contribution < 1.29 is 14.7 Å². The average Bonchev–Trinajstić information content (AvgIpc) is 3.04. The Bertz CT molecular complexity index is 756. The number of rotatable bonds is 4. The Balaban J connectivity index is 1.72. The summed E-state index contributed by atoms with van der Waals surface area (Å²) in [6.07, 6.45) is 2.44. The maximum absolute atomic E-state index is 12.2. The number of benzene rings is 1. The van der Waals surface area contributed by atoms with Crippen LogP contribution in [0.2, 0.25) is 0 Å². The van der Waals surface area contributed by atoms with Crippen LogP contribution in [0, 0.1) is 0 Å². The van der Waals surface area contributed by atoms with E-state index >= 15 is 0 Å². The molecule has 3 rings (SSSR count). The van der Waals surface area contributed by atoms with E-state index in [9.17, 15) is 14.7 Å². The number of hydrogen-bond acceptors (Lipinski definition) is 4. The van der Waals surface area contributed by atoms with Crippen LogP contribution in [-0.4, -0.2) is 23.5 Å². The number of hydrogen-bond donors (Lipinski definition) is 3. The molecule has 0 aliphatic heterocycles. The summed E-state index contributed by atoms with van der Waals surface area (Å²) in [5.74, 6) is -0.862. The van der Waals surface area contributed by atoms with E-state index in [4.69, 9.17) is 5.73 Å². The molecule has 0 fully saturated rings. The molecule has 0 spiro atoms. The quantitative estimate of drug-likeness (QED) is 0.798. The molecule has 2 amide bonds. The molecule has 1 aliphatic rings. The second-order valence-electron chi connectivity index (χ2n) is 5.79. The van der Waals surface area contributed by atoms with E-state index in [2.05, 4.69) is 5.32 Å². The van der Waals surface area contributed by atoms with Gasteiger partial charge in [0.05, 0.1) is 17.0 Å². The van der Waals surface area contributed by atoms with Crippen LogP contribution in [0.1, 0.15) is 44.0 Å². The van der Waals surface area contributed by atoms with Gasteiger partial charge in [0.1, 0.15) is 5.60 Å². The van der Waals surface area contributed by atoms with Crippen molar-refractivity contribution in [1.82, 2.24) is 5.32 Å². The van der Waals surface area contributed by atoms with Crippen molar-refractivity contribution in [3.8, 4) is 0 Å². The van der Waals surface area contributed by atoms with Crippen molar-refractivity contribution in [1.29, 1.82) is 0 Å². The number of primary amides is 1. The zero-order valence-electron chi connectivity index (χ0n) is 12.5. The first-order valence-corrected chi connectivity index (χ1v) is 8.35. The number of carbonyl (C=O) groups is 2. The maximum atomic E-state index is 12.2. The van der Waals surface area contributed by atoms with Crippen LogP contribution in [-0.2, 0) is 12.0 Å². The Kier molecular flexibility index (Phi) is 4.19. The molecular formula is C17H18N2O3S. The molecule has 0 radical (unpaired) electrons. The normalized spacial score (nSPS) is 19.9. The first-order chi connectivity index (χ1) is 11.0. The minimum absolute atomic E-state index is 0.145. The average molecular weight is 330 g/mol. The molecule has 4 N–H and O–H groups in total. The van der Waals surface area contributed by atoms with Crippen molar-refractivity contribution in [3.05, 3.63) is 57.3 Å². The lowest BCUT2D eigenvalue weighted by Crippen LogP contribution is -2.42. The fourth-order valence-electron chi connectivity index (χ4n) is 2.98. The smallest absolute Gasteiger partial charge is 0.261 e. The minimum Gasteiger partial charge on any atom is -0.383 e. The molecule has 23 heavy (non-hydrogen) atoms. The van der Waals surface area contributed by atoms with Crippen LogP contribution >= 0.6 is 11.3 Å². The first-order valence-electron chi connectivity index (χ1n) is 7.47. The molecule has 0 saturated carbocycles. The van der Waals surface area contributed by atoms with Crippen molar-refractivity contribution in [2.24, 2.45) is 5.73 Å². The highest BCUT2D eigenvalue weighted by Crippen LogP contribution is 2.34. The Morgan fingerprint density at radius 1 is 1.35 bits per heavy atom. The number of nitrogens with one attached hydrogen (secondary N) is 1. The molecule has 120 valence electrons. The van der Waals surface area contributed by atoms with Crippen molar-refractivity contribution in [3.63, 3.8) is 0 Å². The number of thiophene rings is 1. The van der Waals surface area contributed by atoms with Crippen LogP contribution in [0.3, 0.4) is 0 Å². The van der Waals surface area contributed by atoms with Gasteiger partial charge < -0.3 is 16.2 Å². The third-order valence-electron chi connectivity index (χ3n) is 4.20. The van der Waals surface area contributed by atoms with E-state index in [0.717, 1.165) is 35.3 Å². The largest absolute Gasteiger partial charge is 0.383 e. The van der Waals surface area contributed by atoms with Crippen LogP contribution in [0.25, 0.3) is 0 Å². The van der Waals surface area contributed by atoms with Crippen molar-refractivity contribution in [2.75, 3.05) is 6.54 Å². The number of aryl methyl sites for hydroxylation is 1. The van der Waals surface area contributed by atoms with E-state index in [1.54, 1.807) is 5.38 Å². The molecule has 1 aromatic heterocycles. The van der Waals surface area contributed by atoms with Gasteiger partial charge in [0.2, 0.25) is 5.91 Å². The van der Waals surface area contributed by atoms with E-state index < -0.39 is 11.5 Å². The summed E-state index contributed by atoms with van der Waals surface area (Å²) in [7, 11) is 0. The molecule has 0 saturated heterocycles. The number of aliphatic hydroxyl groups is 1. The second-order valence-corrected chi connectivity index (χ2v) is 6.70. The molecule has 1 aliphatic carbocycles. The number of nitrogens with two attached hydrogens (primary N) is 1. The zero-order chi connectivity index (χ0) is 16.4. The zero-order valence-corrected chi connectivity index (χ0v) is 13.4. The van der Waals surface area contributed by atoms with Gasteiger partial charge in [0.25, 0.3) is 5.91 Å². The van der Waals surface area contributed by atoms with Crippen molar-refractivity contribution in [2.45, 2.75) is 24.9 Å². The van der Waals surface area contributed by atoms with Crippen LogP contribution < -0.4 is 11.1 Å². The summed E-state index contributed by atoms with van der Waals surface area (Å²) in [5, 5.41) is 15.3. The molecule has 0 bridgehead atoms. The van der Waals surface area contributed by atoms with E-state index in [-0.39, 0.29) is 12.5 Å². The highest BCUT2D eigenvalue weighted by molar-refractivity contribution is 7.12. The van der Waals surface area contributed by atoms with Gasteiger partial charge in [-0.15, -0.1) is 11.3 Å². The third kappa shape index (κ3) is 3.13. The molecule has 6 heteroatoms. The first kappa shape index (κ1) is 15.7. The number of carbonyl (C=O) groups excluding carboxylic acids is 2. The van der Waals surface area contributed by atoms with Gasteiger partial charge in [-0.25, -0.2) is 0 Å². The fraction of sp³-hybridized carbons (Fsp3) is 0.294. The van der Waals surface area contributed by atoms with Crippen LogP contribution in [0.5, 0.6) is 0 Å². The van der Waals surface area contributed by atoms with E-state index in [0.29, 0.717) is 16.9 Å². The molecule has 2 aromatic rings. The summed E-state index contributed by atoms with van der Waals surface area (Å²) in [6.45, 7) is 0.145. The standard InChI is InChI=1S/C17H18N2O3S/c18-15(20)12-8-14(23-9-12)16(21)19-10-17(22)7-3-5-11-4-1-2-6-13(11)17/h1-2,4,6,8-9,22H,3,5,7,10H2,(H2,18,20)(H,19,21). The highest BCUT2D eigenvalue weighted by Gasteiger charge is 2.34. The summed E-state index contributed by atoms with van der Waals surface area (Å²) in [4.78, 5) is 23.7. The molecule has 1 aromatic carbocycles. The third-order valence-corrected chi connectivity index (χ3v) is 5.13. The summed E-state index contributed by atoms with van der Waals surface area (Å²) >= 11 is 1.16. The lowest BCUT2D eigenvalue weighted by Gasteiger charge is -2.34. The Morgan fingerprint density at radius 3 is 2.87 bits per heavy atom. The van der Waals surface area contributed by atoms with Gasteiger partial charge >= 0.3 is 0 Å². The summed E-state index contributed by atoms with van der Waals surface area (Å²) < 4.78 is 0. The molecular weight excluding hydrogens is 312 g/mol.